The minimum atomic E-state index is 0.167. The highest BCUT2D eigenvalue weighted by Crippen LogP contribution is 2.61. The average Bonchev–Trinajstić information content (AvgIpc) is 2.76. The molecule has 3 rings (SSSR count). The number of halogens is 1. The van der Waals surface area contributed by atoms with Gasteiger partial charge in [0, 0.05) is 23.1 Å². The summed E-state index contributed by atoms with van der Waals surface area (Å²) in [7, 11) is 0. The summed E-state index contributed by atoms with van der Waals surface area (Å²) in [6.45, 7) is 6.69. The van der Waals surface area contributed by atoms with Crippen molar-refractivity contribution >= 4 is 22.9 Å². The maximum Gasteiger partial charge on any atom is 0.0934 e. The Hall–Kier alpha value is -0.0800. The van der Waals surface area contributed by atoms with Crippen LogP contribution < -0.4 is 0 Å². The van der Waals surface area contributed by atoms with Gasteiger partial charge in [-0.25, -0.2) is 4.98 Å². The van der Waals surface area contributed by atoms with Crippen LogP contribution in [0.3, 0.4) is 0 Å². The lowest BCUT2D eigenvalue weighted by molar-refractivity contribution is 0.302. The van der Waals surface area contributed by atoms with E-state index in [0.29, 0.717) is 5.41 Å². The summed E-state index contributed by atoms with van der Waals surface area (Å²) in [6, 6.07) is 0. The van der Waals surface area contributed by atoms with Gasteiger partial charge in [0.05, 0.1) is 10.7 Å². The summed E-state index contributed by atoms with van der Waals surface area (Å²) >= 11 is 8.10. The Morgan fingerprint density at radius 2 is 2.06 bits per heavy atom. The van der Waals surface area contributed by atoms with Crippen LogP contribution in [0.4, 0.5) is 0 Å². The SMILES string of the molecule is CC(C)(C)c1csc(CC2(CCl)CC3CC3C2)n1. The maximum atomic E-state index is 6.27. The van der Waals surface area contributed by atoms with E-state index < -0.39 is 0 Å². The quantitative estimate of drug-likeness (QED) is 0.737. The maximum absolute atomic E-state index is 6.27. The van der Waals surface area contributed by atoms with E-state index in [1.165, 1.54) is 30.0 Å². The molecule has 18 heavy (non-hydrogen) atoms. The van der Waals surface area contributed by atoms with E-state index in [1.54, 1.807) is 0 Å². The van der Waals surface area contributed by atoms with Crippen molar-refractivity contribution in [3.63, 3.8) is 0 Å². The van der Waals surface area contributed by atoms with E-state index in [4.69, 9.17) is 16.6 Å². The summed E-state index contributed by atoms with van der Waals surface area (Å²) in [6.07, 6.45) is 5.24. The molecule has 0 aliphatic heterocycles. The smallest absolute Gasteiger partial charge is 0.0934 e. The van der Waals surface area contributed by atoms with E-state index >= 15 is 0 Å². The Kier molecular flexibility index (Phi) is 3.02. The lowest BCUT2D eigenvalue weighted by Gasteiger charge is -2.27. The second-order valence-electron chi connectivity index (χ2n) is 7.35. The Morgan fingerprint density at radius 1 is 1.39 bits per heavy atom. The lowest BCUT2D eigenvalue weighted by Crippen LogP contribution is -2.24. The topological polar surface area (TPSA) is 12.9 Å². The second kappa shape index (κ2) is 4.21. The van der Waals surface area contributed by atoms with Crippen LogP contribution in [0.25, 0.3) is 0 Å². The van der Waals surface area contributed by atoms with E-state index in [0.717, 1.165) is 24.1 Å². The molecule has 1 aromatic heterocycles. The summed E-state index contributed by atoms with van der Waals surface area (Å²) in [5, 5.41) is 3.52. The molecule has 0 spiro atoms. The van der Waals surface area contributed by atoms with Crippen molar-refractivity contribution in [2.24, 2.45) is 17.3 Å². The van der Waals surface area contributed by atoms with Crippen molar-refractivity contribution in [2.45, 2.75) is 51.9 Å². The number of hydrogen-bond donors (Lipinski definition) is 0. The van der Waals surface area contributed by atoms with Crippen molar-refractivity contribution in [2.75, 3.05) is 5.88 Å². The summed E-state index contributed by atoms with van der Waals surface area (Å²) in [4.78, 5) is 4.84. The number of alkyl halides is 1. The van der Waals surface area contributed by atoms with Gasteiger partial charge in [-0.1, -0.05) is 20.8 Å². The zero-order valence-corrected chi connectivity index (χ0v) is 13.1. The highest BCUT2D eigenvalue weighted by Gasteiger charge is 2.53. The molecule has 0 bridgehead atoms. The number of fused-ring (bicyclic) bond motifs is 1. The minimum absolute atomic E-state index is 0.167. The van der Waals surface area contributed by atoms with E-state index in [1.807, 2.05) is 11.3 Å². The Balaban J connectivity index is 1.74. The molecule has 1 aromatic rings. The van der Waals surface area contributed by atoms with Crippen LogP contribution in [0.1, 0.15) is 50.7 Å². The summed E-state index contributed by atoms with van der Waals surface area (Å²) in [5.74, 6) is 2.79. The van der Waals surface area contributed by atoms with Gasteiger partial charge in [-0.15, -0.1) is 22.9 Å². The largest absolute Gasteiger partial charge is 0.246 e. The third-order valence-electron chi connectivity index (χ3n) is 4.59. The fraction of sp³-hybridized carbons (Fsp3) is 0.800. The van der Waals surface area contributed by atoms with Gasteiger partial charge in [0.2, 0.25) is 0 Å². The molecule has 0 radical (unpaired) electrons. The predicted octanol–water partition coefficient (Wildman–Crippen LogP) is 4.64. The molecular weight excluding hydrogens is 262 g/mol. The molecule has 0 aromatic carbocycles. The van der Waals surface area contributed by atoms with Crippen LogP contribution in [0, 0.1) is 17.3 Å². The van der Waals surface area contributed by atoms with Crippen molar-refractivity contribution in [1.29, 1.82) is 0 Å². The second-order valence-corrected chi connectivity index (χ2v) is 8.56. The first-order valence-electron chi connectivity index (χ1n) is 6.93. The Bertz CT molecular complexity index is 436. The van der Waals surface area contributed by atoms with Crippen molar-refractivity contribution < 1.29 is 0 Å². The molecule has 0 saturated heterocycles. The molecule has 2 saturated carbocycles. The molecule has 1 nitrogen and oxygen atoms in total. The molecule has 2 aliphatic carbocycles. The van der Waals surface area contributed by atoms with Gasteiger partial charge < -0.3 is 0 Å². The third kappa shape index (κ3) is 2.34. The van der Waals surface area contributed by atoms with Gasteiger partial charge in [0.25, 0.3) is 0 Å². The average molecular weight is 284 g/mol. The van der Waals surface area contributed by atoms with Gasteiger partial charge in [-0.3, -0.25) is 0 Å². The molecule has 3 heteroatoms. The van der Waals surface area contributed by atoms with Crippen LogP contribution in [-0.4, -0.2) is 10.9 Å². The van der Waals surface area contributed by atoms with E-state index in [9.17, 15) is 0 Å². The van der Waals surface area contributed by atoms with Gasteiger partial charge in [0.1, 0.15) is 0 Å². The number of hydrogen-bond acceptors (Lipinski definition) is 2. The number of thiazole rings is 1. The third-order valence-corrected chi connectivity index (χ3v) is 6.01. The summed E-state index contributed by atoms with van der Waals surface area (Å²) < 4.78 is 0. The van der Waals surface area contributed by atoms with Crippen LogP contribution >= 0.6 is 22.9 Å². The van der Waals surface area contributed by atoms with Gasteiger partial charge >= 0.3 is 0 Å². The number of nitrogens with zero attached hydrogens (tertiary/aromatic N) is 1. The fourth-order valence-electron chi connectivity index (χ4n) is 3.36. The first-order chi connectivity index (χ1) is 8.42. The van der Waals surface area contributed by atoms with Crippen molar-refractivity contribution in [3.8, 4) is 0 Å². The van der Waals surface area contributed by atoms with Crippen LogP contribution in [-0.2, 0) is 11.8 Å². The molecular formula is C15H22ClNS. The minimum Gasteiger partial charge on any atom is -0.246 e. The van der Waals surface area contributed by atoms with E-state index in [-0.39, 0.29) is 5.41 Å². The standard InChI is InChI=1S/C15H22ClNS/c1-14(2,3)12-8-18-13(17-12)7-15(9-16)5-10-4-11(10)6-15/h8,10-11H,4-7,9H2,1-3H3. The molecule has 0 amide bonds. The van der Waals surface area contributed by atoms with E-state index in [2.05, 4.69) is 26.2 Å². The summed E-state index contributed by atoms with van der Waals surface area (Å²) in [5.41, 5.74) is 1.76. The normalized spacial score (nSPS) is 34.7. The molecule has 100 valence electrons. The molecule has 2 unspecified atom stereocenters. The first kappa shape index (κ1) is 12.9. The lowest BCUT2D eigenvalue weighted by atomic mass is 9.82. The molecule has 1 heterocycles. The van der Waals surface area contributed by atoms with Gasteiger partial charge in [0.15, 0.2) is 0 Å². The monoisotopic (exact) mass is 283 g/mol. The fourth-order valence-corrected chi connectivity index (χ4v) is 4.87. The molecule has 0 N–H and O–H groups in total. The number of aromatic nitrogens is 1. The first-order valence-corrected chi connectivity index (χ1v) is 8.34. The zero-order chi connectivity index (χ0) is 13.0. The van der Waals surface area contributed by atoms with Crippen LogP contribution in [0.15, 0.2) is 5.38 Å². The molecule has 2 atom stereocenters. The Morgan fingerprint density at radius 3 is 2.56 bits per heavy atom. The Labute approximate surface area is 119 Å². The van der Waals surface area contributed by atoms with Crippen LogP contribution in [0.5, 0.6) is 0 Å². The van der Waals surface area contributed by atoms with Crippen LogP contribution in [0.2, 0.25) is 0 Å². The predicted molar refractivity (Wildman–Crippen MR) is 78.5 cm³/mol. The van der Waals surface area contributed by atoms with Gasteiger partial charge in [-0.2, -0.15) is 0 Å². The molecule has 2 aliphatic rings. The zero-order valence-electron chi connectivity index (χ0n) is 11.5. The van der Waals surface area contributed by atoms with Crippen molar-refractivity contribution in [3.05, 3.63) is 16.1 Å². The van der Waals surface area contributed by atoms with Crippen molar-refractivity contribution in [1.82, 2.24) is 4.98 Å². The van der Waals surface area contributed by atoms with Gasteiger partial charge in [-0.05, 0) is 36.5 Å². The highest BCUT2D eigenvalue weighted by atomic mass is 35.5. The number of rotatable bonds is 3. The highest BCUT2D eigenvalue weighted by molar-refractivity contribution is 7.09. The molecule has 2 fully saturated rings.